The summed E-state index contributed by atoms with van der Waals surface area (Å²) in [7, 11) is 0. The van der Waals surface area contributed by atoms with Crippen LogP contribution in [0.4, 0.5) is 0 Å². The SMILES string of the molecule is N#Cc1ccc2c(c1)c1cc(C#N)ccc1n2-c1cccc(-n2c3ccccc3c3cc4oc5ccccc5c4cc32)c1. The third-order valence-corrected chi connectivity index (χ3v) is 8.54. The van der Waals surface area contributed by atoms with Crippen molar-refractivity contribution in [2.24, 2.45) is 0 Å². The van der Waals surface area contributed by atoms with Crippen molar-refractivity contribution in [2.45, 2.75) is 0 Å². The fourth-order valence-electron chi connectivity index (χ4n) is 6.68. The van der Waals surface area contributed by atoms with Gasteiger partial charge in [-0.15, -0.1) is 0 Å². The quantitative estimate of drug-likeness (QED) is 0.216. The van der Waals surface area contributed by atoms with E-state index in [1.54, 1.807) is 0 Å². The standard InChI is InChI=1S/C38H20N4O/c39-21-23-12-14-34-29(16-23)30-17-24(22-40)13-15-35(30)41(34)25-6-5-7-26(18-25)42-33-10-3-1-8-27(33)31-20-38-32(19-36(31)42)28-9-2-4-11-37(28)43-38/h1-20H. The van der Waals surface area contributed by atoms with E-state index in [4.69, 9.17) is 4.42 Å². The number of aromatic nitrogens is 2. The van der Waals surface area contributed by atoms with Gasteiger partial charge in [-0.1, -0.05) is 42.5 Å². The Morgan fingerprint density at radius 3 is 1.70 bits per heavy atom. The highest BCUT2D eigenvalue weighted by Crippen LogP contribution is 2.39. The Kier molecular flexibility index (Phi) is 4.68. The van der Waals surface area contributed by atoms with Crippen molar-refractivity contribution in [3.8, 4) is 23.5 Å². The zero-order chi connectivity index (χ0) is 28.7. The molecular weight excluding hydrogens is 528 g/mol. The number of hydrogen-bond acceptors (Lipinski definition) is 3. The number of nitrogens with zero attached hydrogens (tertiary/aromatic N) is 4. The molecule has 0 aliphatic carbocycles. The second-order valence-corrected chi connectivity index (χ2v) is 10.9. The van der Waals surface area contributed by atoms with Crippen LogP contribution in [0.5, 0.6) is 0 Å². The van der Waals surface area contributed by atoms with E-state index in [0.29, 0.717) is 11.1 Å². The van der Waals surface area contributed by atoms with E-state index < -0.39 is 0 Å². The molecule has 9 rings (SSSR count). The highest BCUT2D eigenvalue weighted by Gasteiger charge is 2.18. The molecule has 5 nitrogen and oxygen atoms in total. The van der Waals surface area contributed by atoms with Crippen LogP contribution >= 0.6 is 0 Å². The second kappa shape index (κ2) is 8.60. The summed E-state index contributed by atoms with van der Waals surface area (Å²) in [5.74, 6) is 0. The van der Waals surface area contributed by atoms with Crippen molar-refractivity contribution >= 4 is 65.6 Å². The number of hydrogen-bond donors (Lipinski definition) is 0. The van der Waals surface area contributed by atoms with E-state index in [2.05, 4.69) is 88.0 Å². The van der Waals surface area contributed by atoms with Crippen LogP contribution in [0.2, 0.25) is 0 Å². The Morgan fingerprint density at radius 2 is 1.00 bits per heavy atom. The lowest BCUT2D eigenvalue weighted by Gasteiger charge is -2.13. The van der Waals surface area contributed by atoms with Gasteiger partial charge in [0.25, 0.3) is 0 Å². The molecule has 198 valence electrons. The Morgan fingerprint density at radius 1 is 0.419 bits per heavy atom. The lowest BCUT2D eigenvalue weighted by molar-refractivity contribution is 0.669. The topological polar surface area (TPSA) is 70.6 Å². The lowest BCUT2D eigenvalue weighted by Crippen LogP contribution is -1.98. The van der Waals surface area contributed by atoms with Crippen molar-refractivity contribution in [2.75, 3.05) is 0 Å². The highest BCUT2D eigenvalue weighted by molar-refractivity contribution is 6.17. The van der Waals surface area contributed by atoms with Gasteiger partial charge in [0.15, 0.2) is 0 Å². The molecule has 0 atom stereocenters. The van der Waals surface area contributed by atoms with Crippen LogP contribution in [0.25, 0.3) is 76.9 Å². The Labute approximate surface area is 245 Å². The van der Waals surface area contributed by atoms with E-state index in [-0.39, 0.29) is 0 Å². The molecule has 43 heavy (non-hydrogen) atoms. The first-order valence-corrected chi connectivity index (χ1v) is 14.1. The summed E-state index contributed by atoms with van der Waals surface area (Å²) in [5.41, 5.74) is 9.16. The van der Waals surface area contributed by atoms with Crippen LogP contribution in [0.3, 0.4) is 0 Å². The third kappa shape index (κ3) is 3.25. The molecule has 0 aliphatic heterocycles. The first kappa shape index (κ1) is 23.4. The van der Waals surface area contributed by atoms with Gasteiger partial charge in [-0.05, 0) is 78.9 Å². The minimum Gasteiger partial charge on any atom is -0.456 e. The molecule has 0 radical (unpaired) electrons. The fourth-order valence-corrected chi connectivity index (χ4v) is 6.68. The van der Waals surface area contributed by atoms with Gasteiger partial charge in [-0.25, -0.2) is 0 Å². The number of nitriles is 2. The van der Waals surface area contributed by atoms with Crippen LogP contribution in [0, 0.1) is 22.7 Å². The van der Waals surface area contributed by atoms with Gasteiger partial charge < -0.3 is 13.6 Å². The number of fused-ring (bicyclic) bond motifs is 9. The Bertz CT molecular complexity index is 2630. The van der Waals surface area contributed by atoms with Gasteiger partial charge in [-0.3, -0.25) is 0 Å². The number of rotatable bonds is 2. The molecule has 6 aromatic carbocycles. The summed E-state index contributed by atoms with van der Waals surface area (Å²) < 4.78 is 10.8. The molecule has 3 aromatic heterocycles. The maximum Gasteiger partial charge on any atom is 0.136 e. The highest BCUT2D eigenvalue weighted by atomic mass is 16.3. The molecule has 0 fully saturated rings. The van der Waals surface area contributed by atoms with Crippen molar-refractivity contribution in [1.82, 2.24) is 9.13 Å². The van der Waals surface area contributed by atoms with Gasteiger partial charge in [0, 0.05) is 43.7 Å². The molecule has 0 bridgehead atoms. The average molecular weight is 549 g/mol. The van der Waals surface area contributed by atoms with Gasteiger partial charge >= 0.3 is 0 Å². The summed E-state index contributed by atoms with van der Waals surface area (Å²) >= 11 is 0. The number of furan rings is 1. The van der Waals surface area contributed by atoms with Crippen molar-refractivity contribution < 1.29 is 4.42 Å². The summed E-state index contributed by atoms with van der Waals surface area (Å²) in [6.07, 6.45) is 0. The van der Waals surface area contributed by atoms with Gasteiger partial charge in [0.05, 0.1) is 45.3 Å². The molecule has 0 N–H and O–H groups in total. The summed E-state index contributed by atoms with van der Waals surface area (Å²) in [5, 5.41) is 25.6. The smallest absolute Gasteiger partial charge is 0.136 e. The maximum absolute atomic E-state index is 9.60. The minimum absolute atomic E-state index is 0.589. The lowest BCUT2D eigenvalue weighted by atomic mass is 10.1. The molecule has 0 amide bonds. The van der Waals surface area contributed by atoms with Crippen LogP contribution in [0.15, 0.2) is 126 Å². The van der Waals surface area contributed by atoms with E-state index in [0.717, 1.165) is 76.9 Å². The molecule has 9 aromatic rings. The normalized spacial score (nSPS) is 11.7. The monoisotopic (exact) mass is 548 g/mol. The predicted octanol–water partition coefficient (Wildman–Crippen LogP) is 9.52. The maximum atomic E-state index is 9.60. The van der Waals surface area contributed by atoms with E-state index in [9.17, 15) is 10.5 Å². The third-order valence-electron chi connectivity index (χ3n) is 8.54. The molecule has 0 unspecified atom stereocenters. The van der Waals surface area contributed by atoms with Gasteiger partial charge in [0.2, 0.25) is 0 Å². The van der Waals surface area contributed by atoms with Gasteiger partial charge in [-0.2, -0.15) is 10.5 Å². The first-order valence-electron chi connectivity index (χ1n) is 14.1. The van der Waals surface area contributed by atoms with Crippen molar-refractivity contribution in [3.63, 3.8) is 0 Å². The number of benzene rings is 6. The van der Waals surface area contributed by atoms with Crippen LogP contribution < -0.4 is 0 Å². The predicted molar refractivity (Wildman–Crippen MR) is 172 cm³/mol. The second-order valence-electron chi connectivity index (χ2n) is 10.9. The zero-order valence-electron chi connectivity index (χ0n) is 22.7. The van der Waals surface area contributed by atoms with E-state index in [1.807, 2.05) is 54.6 Å². The van der Waals surface area contributed by atoms with Crippen molar-refractivity contribution in [1.29, 1.82) is 10.5 Å². The van der Waals surface area contributed by atoms with Crippen LogP contribution in [0.1, 0.15) is 11.1 Å². The molecule has 0 saturated heterocycles. The molecular formula is C38H20N4O. The summed E-state index contributed by atoms with van der Waals surface area (Å²) in [4.78, 5) is 0. The van der Waals surface area contributed by atoms with Gasteiger partial charge in [0.1, 0.15) is 11.2 Å². The van der Waals surface area contributed by atoms with Crippen molar-refractivity contribution in [3.05, 3.63) is 132 Å². The fraction of sp³-hybridized carbons (Fsp3) is 0. The summed E-state index contributed by atoms with van der Waals surface area (Å²) in [6.45, 7) is 0. The van der Waals surface area contributed by atoms with Crippen LogP contribution in [-0.2, 0) is 0 Å². The zero-order valence-corrected chi connectivity index (χ0v) is 22.7. The van der Waals surface area contributed by atoms with E-state index >= 15 is 0 Å². The first-order chi connectivity index (χ1) is 21.2. The minimum atomic E-state index is 0.589. The van der Waals surface area contributed by atoms with E-state index in [1.165, 1.54) is 0 Å². The largest absolute Gasteiger partial charge is 0.456 e. The summed E-state index contributed by atoms with van der Waals surface area (Å²) in [6, 6.07) is 45.6. The number of para-hydroxylation sites is 2. The average Bonchev–Trinajstić information content (AvgIpc) is 3.70. The molecule has 0 saturated carbocycles. The molecule has 3 heterocycles. The molecule has 5 heteroatoms. The Hall–Kier alpha value is -6.30. The molecule has 0 spiro atoms. The Balaban J connectivity index is 1.35. The van der Waals surface area contributed by atoms with Crippen LogP contribution in [-0.4, -0.2) is 9.13 Å². The molecule has 0 aliphatic rings.